The summed E-state index contributed by atoms with van der Waals surface area (Å²) in [4.78, 5) is 22.7. The molecule has 1 aromatic rings. The summed E-state index contributed by atoms with van der Waals surface area (Å²) < 4.78 is 0. The zero-order valence-electron chi connectivity index (χ0n) is 10.4. The molecule has 1 aromatic carbocycles. The molecule has 0 unspecified atom stereocenters. The fourth-order valence-electron chi connectivity index (χ4n) is 1.36. The summed E-state index contributed by atoms with van der Waals surface area (Å²) in [6.07, 6.45) is 2.35. The van der Waals surface area contributed by atoms with E-state index in [-0.39, 0.29) is 12.5 Å². The standard InChI is InChI=1S/C12H15ClN2O3S/c1-19-10-5-4-8(7-9(10)13)15-12(18)14-6-2-3-11(16)17/h4-5,7H,2-3,6H2,1H3,(H,16,17)(H2,14,15,18). The maximum Gasteiger partial charge on any atom is 0.319 e. The number of hydrogen-bond acceptors (Lipinski definition) is 3. The second-order valence-corrected chi connectivity index (χ2v) is 4.98. The summed E-state index contributed by atoms with van der Waals surface area (Å²) in [5, 5.41) is 14.2. The van der Waals surface area contributed by atoms with Gasteiger partial charge in [0.2, 0.25) is 0 Å². The highest BCUT2D eigenvalue weighted by molar-refractivity contribution is 7.98. The normalized spacial score (nSPS) is 10.0. The molecule has 0 aliphatic carbocycles. The fourth-order valence-corrected chi connectivity index (χ4v) is 2.23. The lowest BCUT2D eigenvalue weighted by atomic mass is 10.3. The lowest BCUT2D eigenvalue weighted by Gasteiger charge is -2.08. The zero-order valence-corrected chi connectivity index (χ0v) is 12.0. The maximum absolute atomic E-state index is 11.5. The van der Waals surface area contributed by atoms with Gasteiger partial charge in [0.1, 0.15) is 0 Å². The van der Waals surface area contributed by atoms with Crippen LogP contribution in [0.1, 0.15) is 12.8 Å². The number of thioether (sulfide) groups is 1. The Labute approximate surface area is 120 Å². The highest BCUT2D eigenvalue weighted by atomic mass is 35.5. The minimum atomic E-state index is -0.873. The Balaban J connectivity index is 2.40. The summed E-state index contributed by atoms with van der Waals surface area (Å²) in [5.74, 6) is -0.873. The number of nitrogens with one attached hydrogen (secondary N) is 2. The Morgan fingerprint density at radius 2 is 2.16 bits per heavy atom. The molecule has 0 bridgehead atoms. The van der Waals surface area contributed by atoms with Crippen LogP contribution in [-0.2, 0) is 4.79 Å². The van der Waals surface area contributed by atoms with Crippen LogP contribution in [0.15, 0.2) is 23.1 Å². The number of carboxylic acid groups (broad SMARTS) is 1. The third kappa shape index (κ3) is 5.85. The van der Waals surface area contributed by atoms with Crippen molar-refractivity contribution in [3.05, 3.63) is 23.2 Å². The molecular formula is C12H15ClN2O3S. The molecule has 0 fully saturated rings. The second kappa shape index (κ2) is 7.91. The largest absolute Gasteiger partial charge is 0.481 e. The van der Waals surface area contributed by atoms with Crippen LogP contribution in [0.25, 0.3) is 0 Å². The van der Waals surface area contributed by atoms with Gasteiger partial charge in [0.05, 0.1) is 5.02 Å². The van der Waals surface area contributed by atoms with Crippen LogP contribution in [0, 0.1) is 0 Å². The summed E-state index contributed by atoms with van der Waals surface area (Å²) in [6.45, 7) is 0.314. The van der Waals surface area contributed by atoms with Gasteiger partial charge in [0, 0.05) is 23.5 Å². The number of hydrogen-bond donors (Lipinski definition) is 3. The van der Waals surface area contributed by atoms with Crippen LogP contribution in [0.5, 0.6) is 0 Å². The van der Waals surface area contributed by atoms with Gasteiger partial charge in [-0.2, -0.15) is 0 Å². The van der Waals surface area contributed by atoms with Gasteiger partial charge >= 0.3 is 12.0 Å². The summed E-state index contributed by atoms with van der Waals surface area (Å²) in [6, 6.07) is 4.88. The quantitative estimate of drug-likeness (QED) is 0.557. The Morgan fingerprint density at radius 1 is 1.42 bits per heavy atom. The molecule has 2 amide bonds. The van der Waals surface area contributed by atoms with E-state index in [2.05, 4.69) is 10.6 Å². The van der Waals surface area contributed by atoms with Crippen molar-refractivity contribution < 1.29 is 14.7 Å². The van der Waals surface area contributed by atoms with Gasteiger partial charge in [-0.3, -0.25) is 4.79 Å². The molecule has 0 radical (unpaired) electrons. The van der Waals surface area contributed by atoms with Gasteiger partial charge in [-0.15, -0.1) is 11.8 Å². The summed E-state index contributed by atoms with van der Waals surface area (Å²) in [5.41, 5.74) is 0.596. The van der Waals surface area contributed by atoms with E-state index in [1.54, 1.807) is 12.1 Å². The number of carbonyl (C=O) groups is 2. The lowest BCUT2D eigenvalue weighted by Crippen LogP contribution is -2.29. The van der Waals surface area contributed by atoms with E-state index in [1.165, 1.54) is 11.8 Å². The molecule has 0 aromatic heterocycles. The Kier molecular flexibility index (Phi) is 6.52. The van der Waals surface area contributed by atoms with E-state index < -0.39 is 5.97 Å². The van der Waals surface area contributed by atoms with Crippen molar-refractivity contribution in [3.63, 3.8) is 0 Å². The van der Waals surface area contributed by atoms with Crippen molar-refractivity contribution in [2.45, 2.75) is 17.7 Å². The van der Waals surface area contributed by atoms with Crippen LogP contribution >= 0.6 is 23.4 Å². The van der Waals surface area contributed by atoms with E-state index in [9.17, 15) is 9.59 Å². The third-order valence-electron chi connectivity index (χ3n) is 2.26. The number of rotatable bonds is 6. The van der Waals surface area contributed by atoms with Crippen LogP contribution in [0.2, 0.25) is 5.02 Å². The number of aliphatic carboxylic acids is 1. The van der Waals surface area contributed by atoms with Crippen molar-refractivity contribution in [3.8, 4) is 0 Å². The van der Waals surface area contributed by atoms with Crippen molar-refractivity contribution >= 4 is 41.1 Å². The van der Waals surface area contributed by atoms with Crippen molar-refractivity contribution in [1.29, 1.82) is 0 Å². The van der Waals surface area contributed by atoms with Gasteiger partial charge in [0.15, 0.2) is 0 Å². The van der Waals surface area contributed by atoms with Gasteiger partial charge in [-0.05, 0) is 30.9 Å². The highest BCUT2D eigenvalue weighted by Gasteiger charge is 2.05. The first-order valence-electron chi connectivity index (χ1n) is 5.63. The Bertz CT molecular complexity index is 468. The van der Waals surface area contributed by atoms with E-state index in [0.29, 0.717) is 23.7 Å². The van der Waals surface area contributed by atoms with Crippen LogP contribution in [0.4, 0.5) is 10.5 Å². The van der Waals surface area contributed by atoms with Crippen molar-refractivity contribution in [1.82, 2.24) is 5.32 Å². The molecule has 0 aliphatic heterocycles. The fraction of sp³-hybridized carbons (Fsp3) is 0.333. The van der Waals surface area contributed by atoms with Gasteiger partial charge in [0.25, 0.3) is 0 Å². The molecule has 0 saturated carbocycles. The van der Waals surface area contributed by atoms with Gasteiger partial charge in [-0.1, -0.05) is 11.6 Å². The predicted molar refractivity (Wildman–Crippen MR) is 77.1 cm³/mol. The van der Waals surface area contributed by atoms with Crippen molar-refractivity contribution in [2.75, 3.05) is 18.1 Å². The highest BCUT2D eigenvalue weighted by Crippen LogP contribution is 2.27. The molecule has 0 atom stereocenters. The van der Waals surface area contributed by atoms with E-state index in [4.69, 9.17) is 16.7 Å². The van der Waals surface area contributed by atoms with E-state index >= 15 is 0 Å². The number of amides is 2. The van der Waals surface area contributed by atoms with E-state index in [1.807, 2.05) is 12.3 Å². The topological polar surface area (TPSA) is 78.4 Å². The van der Waals surface area contributed by atoms with Gasteiger partial charge < -0.3 is 15.7 Å². The van der Waals surface area contributed by atoms with Gasteiger partial charge in [-0.25, -0.2) is 4.79 Å². The van der Waals surface area contributed by atoms with Crippen LogP contribution in [-0.4, -0.2) is 29.9 Å². The van der Waals surface area contributed by atoms with Crippen molar-refractivity contribution in [2.24, 2.45) is 0 Å². The zero-order chi connectivity index (χ0) is 14.3. The number of carbonyl (C=O) groups excluding carboxylic acids is 1. The SMILES string of the molecule is CSc1ccc(NC(=O)NCCCC(=O)O)cc1Cl. The monoisotopic (exact) mass is 302 g/mol. The number of anilines is 1. The summed E-state index contributed by atoms with van der Waals surface area (Å²) in [7, 11) is 0. The molecule has 0 spiro atoms. The number of carboxylic acids is 1. The molecule has 7 heteroatoms. The second-order valence-electron chi connectivity index (χ2n) is 3.73. The summed E-state index contributed by atoms with van der Waals surface area (Å²) >= 11 is 7.54. The average Bonchev–Trinajstić information content (AvgIpc) is 2.35. The molecule has 19 heavy (non-hydrogen) atoms. The smallest absolute Gasteiger partial charge is 0.319 e. The molecule has 5 nitrogen and oxygen atoms in total. The third-order valence-corrected chi connectivity index (χ3v) is 3.48. The number of benzene rings is 1. The number of halogens is 1. The first-order valence-corrected chi connectivity index (χ1v) is 7.23. The van der Waals surface area contributed by atoms with Crippen LogP contribution < -0.4 is 10.6 Å². The maximum atomic E-state index is 11.5. The Morgan fingerprint density at radius 3 is 2.74 bits per heavy atom. The Hall–Kier alpha value is -1.40. The molecule has 1 rings (SSSR count). The minimum absolute atomic E-state index is 0.0362. The molecule has 0 aliphatic rings. The minimum Gasteiger partial charge on any atom is -0.481 e. The molecule has 0 heterocycles. The predicted octanol–water partition coefficient (Wildman–Crippen LogP) is 3.05. The molecule has 0 saturated heterocycles. The number of urea groups is 1. The van der Waals surface area contributed by atoms with Crippen LogP contribution in [0.3, 0.4) is 0 Å². The lowest BCUT2D eigenvalue weighted by molar-refractivity contribution is -0.137. The molecule has 104 valence electrons. The first kappa shape index (κ1) is 15.7. The average molecular weight is 303 g/mol. The van der Waals surface area contributed by atoms with E-state index in [0.717, 1.165) is 4.90 Å². The first-order chi connectivity index (χ1) is 9.02. The molecule has 3 N–H and O–H groups in total. The molecular weight excluding hydrogens is 288 g/mol.